The molecule has 5 heterocycles. The smallest absolute Gasteiger partial charge is 0.261 e. The largest absolute Gasteiger partial charge is 0.398 e. The predicted molar refractivity (Wildman–Crippen MR) is 210 cm³/mol. The number of anilines is 2. The number of carbonyl (C=O) groups excluding carboxylic acids is 4. The molecule has 4 N–H and O–H groups in total. The van der Waals surface area contributed by atoms with Crippen LogP contribution in [0, 0.1) is 0 Å². The van der Waals surface area contributed by atoms with E-state index >= 15 is 0 Å². The van der Waals surface area contributed by atoms with Crippen molar-refractivity contribution in [3.63, 3.8) is 0 Å². The highest BCUT2D eigenvalue weighted by Gasteiger charge is 2.40. The van der Waals surface area contributed by atoms with Crippen molar-refractivity contribution in [1.82, 2.24) is 24.5 Å². The third kappa shape index (κ3) is 6.72. The van der Waals surface area contributed by atoms with Crippen molar-refractivity contribution in [2.75, 3.05) is 70.0 Å². The third-order valence-electron chi connectivity index (χ3n) is 12.2. The lowest BCUT2D eigenvalue weighted by Crippen LogP contribution is -2.59. The first-order valence-corrected chi connectivity index (χ1v) is 19.6. The van der Waals surface area contributed by atoms with Crippen molar-refractivity contribution in [1.29, 1.82) is 0 Å². The summed E-state index contributed by atoms with van der Waals surface area (Å²) in [5, 5.41) is 15.9. The molecule has 5 aliphatic heterocycles. The van der Waals surface area contributed by atoms with Crippen molar-refractivity contribution in [2.45, 2.75) is 50.4 Å². The van der Waals surface area contributed by atoms with Crippen molar-refractivity contribution >= 4 is 45.8 Å². The lowest BCUT2D eigenvalue weighted by molar-refractivity contribution is -0.136. The summed E-state index contributed by atoms with van der Waals surface area (Å²) in [6.45, 7) is 5.83. The van der Waals surface area contributed by atoms with Gasteiger partial charge in [-0.3, -0.25) is 33.9 Å². The van der Waals surface area contributed by atoms with Gasteiger partial charge in [-0.25, -0.2) is 0 Å². The Hall–Kier alpha value is -5.30. The number of hydrogen-bond donors (Lipinski definition) is 3. The van der Waals surface area contributed by atoms with E-state index in [1.165, 1.54) is 16.0 Å². The number of benzene rings is 4. The molecule has 0 spiro atoms. The first kappa shape index (κ1) is 35.4. The molecule has 5 aliphatic rings. The maximum Gasteiger partial charge on any atom is 0.261 e. The predicted octanol–water partition coefficient (Wildman–Crippen LogP) is 3.22. The lowest BCUT2D eigenvalue weighted by atomic mass is 9.91. The highest BCUT2D eigenvalue weighted by Crippen LogP contribution is 2.35. The zero-order valence-corrected chi connectivity index (χ0v) is 31.0. The van der Waals surface area contributed by atoms with Crippen LogP contribution in [-0.2, 0) is 24.2 Å². The van der Waals surface area contributed by atoms with E-state index in [0.717, 1.165) is 42.6 Å². The molecule has 0 bridgehead atoms. The molecule has 55 heavy (non-hydrogen) atoms. The van der Waals surface area contributed by atoms with Crippen LogP contribution in [0.4, 0.5) is 11.4 Å². The number of nitrogen functional groups attached to an aromatic ring is 1. The van der Waals surface area contributed by atoms with E-state index in [1.54, 1.807) is 29.2 Å². The summed E-state index contributed by atoms with van der Waals surface area (Å²) in [5.41, 5.74) is 12.9. The summed E-state index contributed by atoms with van der Waals surface area (Å²) in [7, 11) is 0. The summed E-state index contributed by atoms with van der Waals surface area (Å²) < 4.78 is 0. The van der Waals surface area contributed by atoms with Crippen LogP contribution in [0.15, 0.2) is 72.8 Å². The molecule has 12 heteroatoms. The Morgan fingerprint density at radius 1 is 0.764 bits per heavy atom. The highest BCUT2D eigenvalue weighted by atomic mass is 16.3. The molecular weight excluding hydrogens is 695 g/mol. The number of imide groups is 1. The molecule has 4 aromatic carbocycles. The maximum atomic E-state index is 13.6. The van der Waals surface area contributed by atoms with Crippen LogP contribution in [0.25, 0.3) is 10.8 Å². The molecule has 0 saturated carbocycles. The van der Waals surface area contributed by atoms with Gasteiger partial charge in [-0.2, -0.15) is 0 Å². The number of β-amino-alcohol motifs (C(OH)–C–C–N with tert-alkyl or cyclic N) is 1. The fourth-order valence-electron chi connectivity index (χ4n) is 9.21. The van der Waals surface area contributed by atoms with Crippen LogP contribution < -0.4 is 11.1 Å². The summed E-state index contributed by atoms with van der Waals surface area (Å²) in [6, 6.07) is 23.1. The van der Waals surface area contributed by atoms with E-state index < -0.39 is 6.10 Å². The average molecular weight is 742 g/mol. The Bertz CT molecular complexity index is 2170. The minimum absolute atomic E-state index is 0.0523. The Labute approximate surface area is 320 Å². The zero-order valence-electron chi connectivity index (χ0n) is 31.0. The van der Waals surface area contributed by atoms with E-state index in [-0.39, 0.29) is 35.7 Å². The number of hydrogen-bond acceptors (Lipinski definition) is 9. The van der Waals surface area contributed by atoms with E-state index in [1.807, 2.05) is 29.2 Å². The van der Waals surface area contributed by atoms with Gasteiger partial charge in [0, 0.05) is 104 Å². The minimum Gasteiger partial charge on any atom is -0.398 e. The van der Waals surface area contributed by atoms with Gasteiger partial charge in [0.1, 0.15) is 0 Å². The SMILES string of the molecule is Nc1ccc2c3c(cccc13)C(=O)N(C1CCN(CC(=O)N3CC(Nc4ccc5c(c4)C(=O)N(C[C@@H](O)CN4CCc6ccccc6C4)CC5)C3)CC1)C2=O. The second kappa shape index (κ2) is 14.4. The number of aliphatic hydroxyl groups excluding tert-OH is 1. The van der Waals surface area contributed by atoms with Gasteiger partial charge in [-0.15, -0.1) is 0 Å². The Morgan fingerprint density at radius 3 is 2.31 bits per heavy atom. The van der Waals surface area contributed by atoms with Crippen LogP contribution >= 0.6 is 0 Å². The fraction of sp³-hybridized carbons (Fsp3) is 0.395. The van der Waals surface area contributed by atoms with E-state index in [2.05, 4.69) is 39.4 Å². The van der Waals surface area contributed by atoms with Crippen molar-refractivity contribution in [2.24, 2.45) is 0 Å². The number of carbonyl (C=O) groups is 4. The molecule has 9 rings (SSSR count). The Morgan fingerprint density at radius 2 is 1.51 bits per heavy atom. The van der Waals surface area contributed by atoms with Gasteiger partial charge in [0.15, 0.2) is 0 Å². The van der Waals surface area contributed by atoms with Crippen LogP contribution in [0.3, 0.4) is 0 Å². The molecule has 2 saturated heterocycles. The Balaban J connectivity index is 0.736. The van der Waals surface area contributed by atoms with Crippen molar-refractivity contribution in [3.8, 4) is 0 Å². The van der Waals surface area contributed by atoms with Gasteiger partial charge < -0.3 is 26.0 Å². The lowest BCUT2D eigenvalue weighted by Gasteiger charge is -2.42. The molecule has 2 fully saturated rings. The first-order valence-electron chi connectivity index (χ1n) is 19.6. The van der Waals surface area contributed by atoms with Gasteiger partial charge >= 0.3 is 0 Å². The molecule has 4 aromatic rings. The van der Waals surface area contributed by atoms with Gasteiger partial charge in [0.25, 0.3) is 17.7 Å². The number of nitrogens with zero attached hydrogens (tertiary/aromatic N) is 5. The summed E-state index contributed by atoms with van der Waals surface area (Å²) >= 11 is 0. The second-order valence-electron chi connectivity index (χ2n) is 15.8. The first-order chi connectivity index (χ1) is 26.7. The van der Waals surface area contributed by atoms with E-state index in [4.69, 9.17) is 5.73 Å². The third-order valence-corrected chi connectivity index (χ3v) is 12.2. The molecule has 0 radical (unpaired) electrons. The summed E-state index contributed by atoms with van der Waals surface area (Å²) in [6.07, 6.45) is 2.31. The van der Waals surface area contributed by atoms with Gasteiger partial charge in [-0.1, -0.05) is 42.5 Å². The summed E-state index contributed by atoms with van der Waals surface area (Å²) in [5.74, 6) is -0.555. The monoisotopic (exact) mass is 741 g/mol. The van der Waals surface area contributed by atoms with Crippen LogP contribution in [0.5, 0.6) is 0 Å². The fourth-order valence-corrected chi connectivity index (χ4v) is 9.21. The highest BCUT2D eigenvalue weighted by molar-refractivity contribution is 6.26. The summed E-state index contributed by atoms with van der Waals surface area (Å²) in [4.78, 5) is 63.4. The number of nitrogens with two attached hydrogens (primary N) is 1. The van der Waals surface area contributed by atoms with Crippen LogP contribution in [0.1, 0.15) is 60.6 Å². The topological polar surface area (TPSA) is 143 Å². The van der Waals surface area contributed by atoms with Gasteiger partial charge in [0.2, 0.25) is 5.91 Å². The number of aliphatic hydroxyl groups is 1. The second-order valence-corrected chi connectivity index (χ2v) is 15.8. The number of likely N-dealkylation sites (tertiary alicyclic amines) is 2. The van der Waals surface area contributed by atoms with Crippen LogP contribution in [0.2, 0.25) is 0 Å². The molecule has 0 aliphatic carbocycles. The van der Waals surface area contributed by atoms with Crippen molar-refractivity contribution in [3.05, 3.63) is 106 Å². The minimum atomic E-state index is -0.625. The number of nitrogens with one attached hydrogen (secondary N) is 1. The molecule has 12 nitrogen and oxygen atoms in total. The molecule has 284 valence electrons. The molecule has 1 atom stereocenters. The number of rotatable bonds is 9. The molecule has 4 amide bonds. The van der Waals surface area contributed by atoms with E-state index in [0.29, 0.717) is 93.0 Å². The molecule has 0 unspecified atom stereocenters. The van der Waals surface area contributed by atoms with Crippen molar-refractivity contribution < 1.29 is 24.3 Å². The van der Waals surface area contributed by atoms with Gasteiger partial charge in [0.05, 0.1) is 18.7 Å². The maximum absolute atomic E-state index is 13.6. The zero-order chi connectivity index (χ0) is 37.8. The van der Waals surface area contributed by atoms with Gasteiger partial charge in [-0.05, 0) is 72.7 Å². The van der Waals surface area contributed by atoms with Crippen LogP contribution in [-0.4, -0.2) is 130 Å². The standard InChI is InChI=1S/C43H47N7O5/c44-38-11-10-36-40-34(38)6-3-7-35(40)42(54)50(43(36)55)32-14-17-46(18-15-32)26-39(52)49-22-31(23-49)45-30-9-8-28-13-19-48(41(53)37(28)20-30)25-33(51)24-47-16-12-27-4-1-2-5-29(27)21-47/h1-11,20,31-33,45,51H,12-19,21-26,44H2/t33-/m0/s1. The number of piperidine rings is 1. The normalized spacial score (nSPS) is 20.0. The average Bonchev–Trinajstić information content (AvgIpc) is 3.17. The molecular formula is C43H47N7O5. The Kier molecular flexibility index (Phi) is 9.27. The quantitative estimate of drug-likeness (QED) is 0.174. The number of fused-ring (bicyclic) bond motifs is 2. The van der Waals surface area contributed by atoms with E-state index in [9.17, 15) is 24.3 Å². The molecule has 0 aromatic heterocycles. The number of amides is 4.